The Hall–Kier alpha value is -1.91. The highest BCUT2D eigenvalue weighted by atomic mass is 16.4. The van der Waals surface area contributed by atoms with Crippen LogP contribution in [0.25, 0.3) is 0 Å². The first kappa shape index (κ1) is 11.6. The fraction of sp³-hybridized carbons (Fsp3) is 0.417. The SMILES string of the molecule is O=C(O)c1ccc(N2CCCCCC2=O)cn1. The van der Waals surface area contributed by atoms with Gasteiger partial charge in [0.1, 0.15) is 5.69 Å². The van der Waals surface area contributed by atoms with Gasteiger partial charge in [0.2, 0.25) is 5.91 Å². The summed E-state index contributed by atoms with van der Waals surface area (Å²) >= 11 is 0. The number of carboxylic acid groups (broad SMARTS) is 1. The van der Waals surface area contributed by atoms with E-state index < -0.39 is 5.97 Å². The van der Waals surface area contributed by atoms with Crippen molar-refractivity contribution in [3.63, 3.8) is 0 Å². The van der Waals surface area contributed by atoms with Gasteiger partial charge < -0.3 is 10.0 Å². The smallest absolute Gasteiger partial charge is 0.354 e. The molecule has 1 N–H and O–H groups in total. The maximum atomic E-state index is 11.8. The molecule has 1 aromatic heterocycles. The Balaban J connectivity index is 2.20. The molecule has 1 amide bonds. The molecule has 1 aromatic rings. The van der Waals surface area contributed by atoms with Gasteiger partial charge in [-0.25, -0.2) is 9.78 Å². The first-order valence-electron chi connectivity index (χ1n) is 5.68. The second kappa shape index (κ2) is 4.95. The molecule has 1 aliphatic heterocycles. The number of anilines is 1. The van der Waals surface area contributed by atoms with Crippen molar-refractivity contribution in [3.8, 4) is 0 Å². The summed E-state index contributed by atoms with van der Waals surface area (Å²) in [5.41, 5.74) is 0.679. The van der Waals surface area contributed by atoms with Crippen molar-refractivity contribution in [2.24, 2.45) is 0 Å². The van der Waals surface area contributed by atoms with Crippen molar-refractivity contribution < 1.29 is 14.7 Å². The number of nitrogens with zero attached hydrogens (tertiary/aromatic N) is 2. The number of aromatic nitrogens is 1. The van der Waals surface area contributed by atoms with Gasteiger partial charge in [-0.1, -0.05) is 6.42 Å². The van der Waals surface area contributed by atoms with Gasteiger partial charge in [-0.3, -0.25) is 4.79 Å². The molecule has 0 saturated carbocycles. The molecule has 0 bridgehead atoms. The Morgan fingerprint density at radius 3 is 2.76 bits per heavy atom. The molecule has 1 fully saturated rings. The van der Waals surface area contributed by atoms with Crippen molar-refractivity contribution in [1.29, 1.82) is 0 Å². The van der Waals surface area contributed by atoms with E-state index in [0.29, 0.717) is 18.7 Å². The van der Waals surface area contributed by atoms with Gasteiger partial charge in [0.25, 0.3) is 0 Å². The summed E-state index contributed by atoms with van der Waals surface area (Å²) < 4.78 is 0. The first-order valence-corrected chi connectivity index (χ1v) is 5.68. The second-order valence-corrected chi connectivity index (χ2v) is 4.06. The molecule has 0 aromatic carbocycles. The number of aromatic carboxylic acids is 1. The molecular weight excluding hydrogens is 220 g/mol. The molecule has 2 heterocycles. The first-order chi connectivity index (χ1) is 8.18. The number of pyridine rings is 1. The zero-order valence-electron chi connectivity index (χ0n) is 9.43. The molecule has 1 saturated heterocycles. The van der Waals surface area contributed by atoms with Crippen LogP contribution in [0.5, 0.6) is 0 Å². The molecular formula is C12H14N2O3. The topological polar surface area (TPSA) is 70.5 Å². The van der Waals surface area contributed by atoms with Crippen LogP contribution in [-0.4, -0.2) is 28.5 Å². The number of amides is 1. The predicted octanol–water partition coefficient (Wildman–Crippen LogP) is 1.69. The van der Waals surface area contributed by atoms with Gasteiger partial charge in [-0.05, 0) is 25.0 Å². The number of carbonyl (C=O) groups is 2. The van der Waals surface area contributed by atoms with E-state index >= 15 is 0 Å². The predicted molar refractivity (Wildman–Crippen MR) is 62.0 cm³/mol. The maximum absolute atomic E-state index is 11.8. The van der Waals surface area contributed by atoms with Crippen LogP contribution in [0.4, 0.5) is 5.69 Å². The van der Waals surface area contributed by atoms with Crippen molar-refractivity contribution in [1.82, 2.24) is 4.98 Å². The van der Waals surface area contributed by atoms with Crippen molar-refractivity contribution in [2.45, 2.75) is 25.7 Å². The number of carboxylic acids is 1. The highest BCUT2D eigenvalue weighted by Gasteiger charge is 2.18. The third-order valence-corrected chi connectivity index (χ3v) is 2.85. The zero-order valence-corrected chi connectivity index (χ0v) is 9.43. The monoisotopic (exact) mass is 234 g/mol. The van der Waals surface area contributed by atoms with Crippen LogP contribution in [0.2, 0.25) is 0 Å². The quantitative estimate of drug-likeness (QED) is 0.845. The third kappa shape index (κ3) is 2.61. The maximum Gasteiger partial charge on any atom is 0.354 e. The Labute approximate surface area is 99.1 Å². The third-order valence-electron chi connectivity index (χ3n) is 2.85. The van der Waals surface area contributed by atoms with Crippen molar-refractivity contribution in [3.05, 3.63) is 24.0 Å². The summed E-state index contributed by atoms with van der Waals surface area (Å²) in [7, 11) is 0. The Kier molecular flexibility index (Phi) is 3.37. The van der Waals surface area contributed by atoms with Crippen LogP contribution in [0.1, 0.15) is 36.2 Å². The molecule has 2 rings (SSSR count). The Morgan fingerprint density at radius 2 is 2.12 bits per heavy atom. The minimum absolute atomic E-state index is 0.00368. The number of carbonyl (C=O) groups excluding carboxylic acids is 1. The summed E-state index contributed by atoms with van der Waals surface area (Å²) in [5.74, 6) is -0.967. The van der Waals surface area contributed by atoms with Crippen LogP contribution in [0, 0.1) is 0 Å². The number of hydrogen-bond donors (Lipinski definition) is 1. The van der Waals surface area contributed by atoms with Crippen LogP contribution < -0.4 is 4.90 Å². The van der Waals surface area contributed by atoms with Crippen LogP contribution in [0.3, 0.4) is 0 Å². The molecule has 0 atom stereocenters. The lowest BCUT2D eigenvalue weighted by Crippen LogP contribution is -2.30. The summed E-state index contributed by atoms with van der Waals surface area (Å²) in [6.45, 7) is 0.687. The van der Waals surface area contributed by atoms with E-state index in [-0.39, 0.29) is 11.6 Å². The van der Waals surface area contributed by atoms with E-state index in [0.717, 1.165) is 19.3 Å². The fourth-order valence-corrected chi connectivity index (χ4v) is 1.93. The van der Waals surface area contributed by atoms with E-state index in [2.05, 4.69) is 4.98 Å². The van der Waals surface area contributed by atoms with E-state index in [1.165, 1.54) is 12.3 Å². The number of rotatable bonds is 2. The molecule has 5 nitrogen and oxygen atoms in total. The molecule has 17 heavy (non-hydrogen) atoms. The summed E-state index contributed by atoms with van der Waals surface area (Å²) in [6.07, 6.45) is 4.97. The van der Waals surface area contributed by atoms with Crippen molar-refractivity contribution >= 4 is 17.6 Å². The summed E-state index contributed by atoms with van der Waals surface area (Å²) in [4.78, 5) is 28.0. The van der Waals surface area contributed by atoms with Gasteiger partial charge in [-0.2, -0.15) is 0 Å². The van der Waals surface area contributed by atoms with Gasteiger partial charge in [0.05, 0.1) is 11.9 Å². The Morgan fingerprint density at radius 1 is 1.29 bits per heavy atom. The van der Waals surface area contributed by atoms with Crippen LogP contribution in [-0.2, 0) is 4.79 Å². The normalized spacial score (nSPS) is 16.7. The highest BCUT2D eigenvalue weighted by molar-refractivity contribution is 5.93. The zero-order chi connectivity index (χ0) is 12.3. The fourth-order valence-electron chi connectivity index (χ4n) is 1.93. The molecule has 0 unspecified atom stereocenters. The molecule has 0 aliphatic carbocycles. The van der Waals surface area contributed by atoms with E-state index in [1.54, 1.807) is 11.0 Å². The second-order valence-electron chi connectivity index (χ2n) is 4.06. The minimum atomic E-state index is -1.06. The van der Waals surface area contributed by atoms with Crippen molar-refractivity contribution in [2.75, 3.05) is 11.4 Å². The molecule has 1 aliphatic rings. The lowest BCUT2D eigenvalue weighted by Gasteiger charge is -2.20. The van der Waals surface area contributed by atoms with Gasteiger partial charge >= 0.3 is 5.97 Å². The van der Waals surface area contributed by atoms with Gasteiger partial charge in [-0.15, -0.1) is 0 Å². The summed E-state index contributed by atoms with van der Waals surface area (Å²) in [6, 6.07) is 3.06. The van der Waals surface area contributed by atoms with Crippen LogP contribution >= 0.6 is 0 Å². The van der Waals surface area contributed by atoms with Crippen LogP contribution in [0.15, 0.2) is 18.3 Å². The molecule has 5 heteroatoms. The lowest BCUT2D eigenvalue weighted by atomic mass is 10.2. The molecule has 0 radical (unpaired) electrons. The largest absolute Gasteiger partial charge is 0.477 e. The van der Waals surface area contributed by atoms with E-state index in [9.17, 15) is 9.59 Å². The average molecular weight is 234 g/mol. The molecule has 90 valence electrons. The standard InChI is InChI=1S/C12H14N2O3/c15-11-4-2-1-3-7-14(11)9-5-6-10(12(16)17)13-8-9/h5-6,8H,1-4,7H2,(H,16,17). The van der Waals surface area contributed by atoms with E-state index in [1.807, 2.05) is 0 Å². The van der Waals surface area contributed by atoms with E-state index in [4.69, 9.17) is 5.11 Å². The number of hydrogen-bond acceptors (Lipinski definition) is 3. The lowest BCUT2D eigenvalue weighted by molar-refractivity contribution is -0.118. The average Bonchev–Trinajstić information content (AvgIpc) is 2.54. The minimum Gasteiger partial charge on any atom is -0.477 e. The van der Waals surface area contributed by atoms with Gasteiger partial charge in [0.15, 0.2) is 0 Å². The highest BCUT2D eigenvalue weighted by Crippen LogP contribution is 2.19. The Bertz CT molecular complexity index is 428. The summed E-state index contributed by atoms with van der Waals surface area (Å²) in [5, 5.41) is 8.74. The molecule has 0 spiro atoms. The van der Waals surface area contributed by atoms with Gasteiger partial charge in [0, 0.05) is 13.0 Å².